The molecule has 152 valence electrons. The van der Waals surface area contributed by atoms with Crippen LogP contribution in [-0.4, -0.2) is 48.1 Å². The second kappa shape index (κ2) is 8.35. The first-order chi connectivity index (χ1) is 13.5. The van der Waals surface area contributed by atoms with Crippen molar-refractivity contribution in [3.63, 3.8) is 0 Å². The number of methoxy groups -OCH3 is 2. The van der Waals surface area contributed by atoms with Gasteiger partial charge in [-0.15, -0.1) is 0 Å². The molecule has 1 amide bonds. The summed E-state index contributed by atoms with van der Waals surface area (Å²) in [6.07, 6.45) is 2.69. The van der Waals surface area contributed by atoms with E-state index in [1.807, 2.05) is 29.2 Å². The lowest BCUT2D eigenvalue weighted by Crippen LogP contribution is -2.51. The molecule has 0 radical (unpaired) electrons. The molecule has 6 nitrogen and oxygen atoms in total. The Kier molecular flexibility index (Phi) is 6.08. The summed E-state index contributed by atoms with van der Waals surface area (Å²) < 4.78 is 10.8. The number of nitrogens with zero attached hydrogens (tertiary/aromatic N) is 1. The Balaban J connectivity index is 1.97. The number of likely N-dealkylation sites (tertiary alicyclic amines) is 1. The number of ether oxygens (including phenoxy) is 2. The first kappa shape index (κ1) is 20.4. The molecule has 1 heterocycles. The Labute approximate surface area is 166 Å². The van der Waals surface area contributed by atoms with Gasteiger partial charge in [-0.2, -0.15) is 0 Å². The van der Waals surface area contributed by atoms with Crippen LogP contribution < -0.4 is 4.74 Å². The lowest BCUT2D eigenvalue weighted by molar-refractivity contribution is -0.134. The maximum atomic E-state index is 12.9. The van der Waals surface area contributed by atoms with E-state index in [0.717, 1.165) is 11.3 Å². The second-order valence-corrected chi connectivity index (χ2v) is 7.63. The molecule has 1 N–H and O–H groups in total. The monoisotopic (exact) mass is 387 g/mol. The minimum absolute atomic E-state index is 0.0536. The number of benzene rings is 1. The Morgan fingerprint density at radius 2 is 1.89 bits per heavy atom. The molecule has 3 rings (SSSR count). The zero-order valence-electron chi connectivity index (χ0n) is 16.9. The van der Waals surface area contributed by atoms with Gasteiger partial charge in [0.05, 0.1) is 19.8 Å². The lowest BCUT2D eigenvalue weighted by atomic mass is 9.76. The van der Waals surface area contributed by atoms with Crippen molar-refractivity contribution >= 4 is 11.7 Å². The van der Waals surface area contributed by atoms with Crippen molar-refractivity contribution in [2.45, 2.75) is 51.1 Å². The Bertz CT molecular complexity index is 770. The van der Waals surface area contributed by atoms with Gasteiger partial charge in [-0.05, 0) is 43.9 Å². The van der Waals surface area contributed by atoms with Crippen LogP contribution in [0.25, 0.3) is 0 Å². The average Bonchev–Trinajstić information content (AvgIpc) is 3.18. The largest absolute Gasteiger partial charge is 0.500 e. The molecule has 0 aromatic heterocycles. The molecule has 28 heavy (non-hydrogen) atoms. The number of Topliss-reactive ketones (excluding diaryl/α,β-unsaturated/α-hetero) is 1. The number of carbonyl (C=O) groups is 2. The molecule has 0 bridgehead atoms. The van der Waals surface area contributed by atoms with Crippen LogP contribution in [0, 0.1) is 5.92 Å². The van der Waals surface area contributed by atoms with Crippen LogP contribution in [-0.2, 0) is 20.9 Å². The van der Waals surface area contributed by atoms with E-state index in [-0.39, 0.29) is 24.2 Å². The third kappa shape index (κ3) is 3.53. The number of amides is 1. The molecule has 1 aromatic rings. The van der Waals surface area contributed by atoms with Crippen LogP contribution in [0.5, 0.6) is 5.75 Å². The van der Waals surface area contributed by atoms with E-state index in [1.54, 1.807) is 21.1 Å². The number of allylic oxidation sites excluding steroid dienone is 1. The van der Waals surface area contributed by atoms with Crippen molar-refractivity contribution in [2.75, 3.05) is 20.8 Å². The smallest absolute Gasteiger partial charge is 0.223 e. The second-order valence-electron chi connectivity index (χ2n) is 7.63. The third-order valence-corrected chi connectivity index (χ3v) is 6.24. The predicted molar refractivity (Wildman–Crippen MR) is 105 cm³/mol. The summed E-state index contributed by atoms with van der Waals surface area (Å²) in [4.78, 5) is 27.2. The third-order valence-electron chi connectivity index (χ3n) is 6.24. The number of aliphatic hydroxyl groups excluding tert-OH is 1. The first-order valence-corrected chi connectivity index (χ1v) is 9.79. The number of hydrogen-bond acceptors (Lipinski definition) is 5. The van der Waals surface area contributed by atoms with E-state index in [1.165, 1.54) is 0 Å². The van der Waals surface area contributed by atoms with Gasteiger partial charge in [-0.25, -0.2) is 0 Å². The van der Waals surface area contributed by atoms with Gasteiger partial charge in [0.15, 0.2) is 5.78 Å². The normalized spacial score (nSPS) is 25.0. The molecule has 0 saturated carbocycles. The van der Waals surface area contributed by atoms with Gasteiger partial charge < -0.3 is 19.5 Å². The Morgan fingerprint density at radius 1 is 1.18 bits per heavy atom. The summed E-state index contributed by atoms with van der Waals surface area (Å²) in [5, 5.41) is 9.48. The zero-order chi connectivity index (χ0) is 20.3. The lowest BCUT2D eigenvalue weighted by Gasteiger charge is -2.44. The zero-order valence-corrected chi connectivity index (χ0v) is 16.9. The molecule has 1 aliphatic carbocycles. The maximum Gasteiger partial charge on any atom is 0.223 e. The minimum atomic E-state index is -0.515. The van der Waals surface area contributed by atoms with Crippen molar-refractivity contribution in [3.8, 4) is 5.75 Å². The molecule has 6 heteroatoms. The molecule has 2 atom stereocenters. The van der Waals surface area contributed by atoms with Crippen LogP contribution in [0.2, 0.25) is 0 Å². The van der Waals surface area contributed by atoms with Gasteiger partial charge in [0.2, 0.25) is 5.91 Å². The molecule has 0 spiro atoms. The fourth-order valence-corrected chi connectivity index (χ4v) is 4.74. The predicted octanol–water partition coefficient (Wildman–Crippen LogP) is 2.84. The fraction of sp³-hybridized carbons (Fsp3) is 0.545. The SMILES string of the molecule is COC1=C(C)C(=O)CC1C1(CCCO)CCC(=O)N1Cc1ccc(OC)cc1. The highest BCUT2D eigenvalue weighted by Crippen LogP contribution is 2.49. The summed E-state index contributed by atoms with van der Waals surface area (Å²) in [6, 6.07) is 7.68. The van der Waals surface area contributed by atoms with Crippen molar-refractivity contribution in [1.29, 1.82) is 0 Å². The Morgan fingerprint density at radius 3 is 2.50 bits per heavy atom. The van der Waals surface area contributed by atoms with E-state index in [0.29, 0.717) is 50.0 Å². The van der Waals surface area contributed by atoms with Crippen molar-refractivity contribution in [2.24, 2.45) is 5.92 Å². The molecule has 2 aliphatic rings. The topological polar surface area (TPSA) is 76.1 Å². The van der Waals surface area contributed by atoms with Crippen LogP contribution in [0.15, 0.2) is 35.6 Å². The standard InChI is InChI=1S/C22H29NO5/c1-15-19(25)13-18(21(15)28-3)22(10-4-12-24)11-9-20(26)23(22)14-16-5-7-17(27-2)8-6-16/h5-8,18,24H,4,9-14H2,1-3H3. The summed E-state index contributed by atoms with van der Waals surface area (Å²) in [6.45, 7) is 2.32. The number of ketones is 1. The van der Waals surface area contributed by atoms with E-state index in [4.69, 9.17) is 9.47 Å². The first-order valence-electron chi connectivity index (χ1n) is 9.79. The van der Waals surface area contributed by atoms with Gasteiger partial charge >= 0.3 is 0 Å². The summed E-state index contributed by atoms with van der Waals surface area (Å²) in [5.74, 6) is 1.46. The minimum Gasteiger partial charge on any atom is -0.500 e. The number of carbonyl (C=O) groups excluding carboxylic acids is 2. The molecule has 1 aromatic carbocycles. The molecule has 1 aliphatic heterocycles. The maximum absolute atomic E-state index is 12.9. The molecular weight excluding hydrogens is 358 g/mol. The van der Waals surface area contributed by atoms with Crippen LogP contribution in [0.3, 0.4) is 0 Å². The summed E-state index contributed by atoms with van der Waals surface area (Å²) in [7, 11) is 3.21. The molecular formula is C22H29NO5. The highest BCUT2D eigenvalue weighted by atomic mass is 16.5. The van der Waals surface area contributed by atoms with Crippen molar-refractivity contribution in [1.82, 2.24) is 4.90 Å². The highest BCUT2D eigenvalue weighted by Gasteiger charge is 2.54. The van der Waals surface area contributed by atoms with Gasteiger partial charge in [0, 0.05) is 37.5 Å². The van der Waals surface area contributed by atoms with Crippen LogP contribution in [0.1, 0.15) is 44.6 Å². The van der Waals surface area contributed by atoms with Crippen molar-refractivity contribution in [3.05, 3.63) is 41.2 Å². The fourth-order valence-electron chi connectivity index (χ4n) is 4.74. The van der Waals surface area contributed by atoms with Gasteiger partial charge in [-0.1, -0.05) is 12.1 Å². The van der Waals surface area contributed by atoms with Crippen molar-refractivity contribution < 1.29 is 24.2 Å². The Hall–Kier alpha value is -2.34. The van der Waals surface area contributed by atoms with E-state index in [9.17, 15) is 14.7 Å². The quantitative estimate of drug-likeness (QED) is 0.742. The number of rotatable bonds is 8. The number of aliphatic hydroxyl groups is 1. The van der Waals surface area contributed by atoms with E-state index in [2.05, 4.69) is 0 Å². The van der Waals surface area contributed by atoms with Gasteiger partial charge in [0.1, 0.15) is 11.5 Å². The van der Waals surface area contributed by atoms with Gasteiger partial charge in [0.25, 0.3) is 0 Å². The van der Waals surface area contributed by atoms with Gasteiger partial charge in [-0.3, -0.25) is 9.59 Å². The number of hydrogen-bond donors (Lipinski definition) is 1. The van der Waals surface area contributed by atoms with E-state index >= 15 is 0 Å². The average molecular weight is 387 g/mol. The summed E-state index contributed by atoms with van der Waals surface area (Å²) in [5.41, 5.74) is 1.14. The van der Waals surface area contributed by atoms with Crippen LogP contribution in [0.4, 0.5) is 0 Å². The molecule has 1 fully saturated rings. The van der Waals surface area contributed by atoms with Crippen LogP contribution >= 0.6 is 0 Å². The van der Waals surface area contributed by atoms with E-state index < -0.39 is 5.54 Å². The summed E-state index contributed by atoms with van der Waals surface area (Å²) >= 11 is 0. The highest BCUT2D eigenvalue weighted by molar-refractivity contribution is 5.98. The molecule has 2 unspecified atom stereocenters. The molecule has 1 saturated heterocycles.